The zero-order valence-corrected chi connectivity index (χ0v) is 15.1. The quantitative estimate of drug-likeness (QED) is 0.741. The van der Waals surface area contributed by atoms with Gasteiger partial charge in [-0.15, -0.1) is 0 Å². The molecule has 1 heterocycles. The van der Waals surface area contributed by atoms with Gasteiger partial charge in [-0.3, -0.25) is 14.5 Å². The molecule has 0 unspecified atom stereocenters. The van der Waals surface area contributed by atoms with Crippen LogP contribution in [-0.4, -0.2) is 41.9 Å². The summed E-state index contributed by atoms with van der Waals surface area (Å²) in [6, 6.07) is 6.41. The molecule has 1 aromatic rings. The normalized spacial score (nSPS) is 20.0. The molecule has 2 rings (SSSR count). The lowest BCUT2D eigenvalue weighted by molar-refractivity contribution is -0.133. The third-order valence-electron chi connectivity index (χ3n) is 4.25. The fourth-order valence-corrected chi connectivity index (χ4v) is 2.72. The Morgan fingerprint density at radius 3 is 2.64 bits per heavy atom. The number of nitrogens with one attached hydrogen (secondary N) is 2. The summed E-state index contributed by atoms with van der Waals surface area (Å²) in [5, 5.41) is 5.38. The van der Waals surface area contributed by atoms with E-state index in [1.165, 1.54) is 7.11 Å². The number of rotatable bonds is 7. The molecular formula is C18H25N3O4. The molecular weight excluding hydrogens is 322 g/mol. The lowest BCUT2D eigenvalue weighted by atomic mass is 9.92. The second-order valence-electron chi connectivity index (χ2n) is 6.83. The highest BCUT2D eigenvalue weighted by Crippen LogP contribution is 2.26. The molecule has 1 saturated heterocycles. The molecule has 0 spiro atoms. The fourth-order valence-electron chi connectivity index (χ4n) is 2.72. The first-order chi connectivity index (χ1) is 11.8. The highest BCUT2D eigenvalue weighted by atomic mass is 16.5. The van der Waals surface area contributed by atoms with Gasteiger partial charge in [-0.25, -0.2) is 4.79 Å². The summed E-state index contributed by atoms with van der Waals surface area (Å²) < 4.78 is 5.17. The molecule has 0 aliphatic carbocycles. The number of carbonyl (C=O) groups is 3. The third kappa shape index (κ3) is 4.29. The van der Waals surface area contributed by atoms with E-state index in [1.54, 1.807) is 31.2 Å². The lowest BCUT2D eigenvalue weighted by Crippen LogP contribution is -2.44. The van der Waals surface area contributed by atoms with Gasteiger partial charge in [0.1, 0.15) is 17.8 Å². The van der Waals surface area contributed by atoms with E-state index < -0.39 is 17.5 Å². The van der Waals surface area contributed by atoms with Gasteiger partial charge in [0, 0.05) is 0 Å². The maximum atomic E-state index is 12.6. The molecule has 4 amide bonds. The number of imide groups is 1. The minimum absolute atomic E-state index is 0.333. The zero-order chi connectivity index (χ0) is 18.6. The molecule has 7 heteroatoms. The number of anilines is 1. The second-order valence-corrected chi connectivity index (χ2v) is 6.83. The van der Waals surface area contributed by atoms with E-state index >= 15 is 0 Å². The van der Waals surface area contributed by atoms with Crippen molar-refractivity contribution in [2.24, 2.45) is 5.92 Å². The summed E-state index contributed by atoms with van der Waals surface area (Å²) in [5.41, 5.74) is -0.462. The highest BCUT2D eigenvalue weighted by molar-refractivity contribution is 6.10. The van der Waals surface area contributed by atoms with Gasteiger partial charge < -0.3 is 15.4 Å². The SMILES string of the molecule is COc1ccccc1NC(=O)CN1C(=O)N[C@@](C)(CCC(C)C)C1=O. The van der Waals surface area contributed by atoms with Crippen LogP contribution in [-0.2, 0) is 9.59 Å². The Morgan fingerprint density at radius 1 is 1.32 bits per heavy atom. The minimum atomic E-state index is -0.952. The van der Waals surface area contributed by atoms with Gasteiger partial charge >= 0.3 is 6.03 Å². The smallest absolute Gasteiger partial charge is 0.325 e. The largest absolute Gasteiger partial charge is 0.495 e. The zero-order valence-electron chi connectivity index (χ0n) is 15.1. The van der Waals surface area contributed by atoms with Crippen molar-refractivity contribution in [2.75, 3.05) is 19.0 Å². The van der Waals surface area contributed by atoms with Crippen molar-refractivity contribution in [1.29, 1.82) is 0 Å². The Morgan fingerprint density at radius 2 is 2.00 bits per heavy atom. The predicted octanol–water partition coefficient (Wildman–Crippen LogP) is 2.38. The highest BCUT2D eigenvalue weighted by Gasteiger charge is 2.47. The number of urea groups is 1. The average molecular weight is 347 g/mol. The van der Waals surface area contributed by atoms with Gasteiger partial charge in [-0.05, 0) is 37.8 Å². The van der Waals surface area contributed by atoms with Gasteiger partial charge in [0.05, 0.1) is 12.8 Å². The summed E-state index contributed by atoms with van der Waals surface area (Å²) >= 11 is 0. The molecule has 0 bridgehead atoms. The summed E-state index contributed by atoms with van der Waals surface area (Å²) in [6.07, 6.45) is 1.35. The average Bonchev–Trinajstić information content (AvgIpc) is 2.77. The molecule has 0 saturated carbocycles. The summed E-state index contributed by atoms with van der Waals surface area (Å²) in [7, 11) is 1.50. The molecule has 1 fully saturated rings. The van der Waals surface area contributed by atoms with Crippen molar-refractivity contribution in [3.8, 4) is 5.75 Å². The van der Waals surface area contributed by atoms with E-state index in [4.69, 9.17) is 4.74 Å². The number of ether oxygens (including phenoxy) is 1. The third-order valence-corrected chi connectivity index (χ3v) is 4.25. The molecule has 1 aliphatic rings. The van der Waals surface area contributed by atoms with Crippen LogP contribution in [0.2, 0.25) is 0 Å². The summed E-state index contributed by atoms with van der Waals surface area (Å²) in [5.74, 6) is 0.105. The first-order valence-corrected chi connectivity index (χ1v) is 8.34. The summed E-state index contributed by atoms with van der Waals surface area (Å²) in [4.78, 5) is 38.0. The molecule has 1 atom stereocenters. The number of methoxy groups -OCH3 is 1. The molecule has 25 heavy (non-hydrogen) atoms. The van der Waals surface area contributed by atoms with Gasteiger partial charge in [-0.1, -0.05) is 26.0 Å². The number of benzene rings is 1. The molecule has 136 valence electrons. The monoisotopic (exact) mass is 347 g/mol. The van der Waals surface area contributed by atoms with Crippen molar-refractivity contribution >= 4 is 23.5 Å². The van der Waals surface area contributed by atoms with Crippen molar-refractivity contribution in [2.45, 2.75) is 39.2 Å². The van der Waals surface area contributed by atoms with Crippen molar-refractivity contribution in [3.63, 3.8) is 0 Å². The van der Waals surface area contributed by atoms with E-state index in [0.29, 0.717) is 23.8 Å². The van der Waals surface area contributed by atoms with E-state index in [-0.39, 0.29) is 12.5 Å². The number of hydrogen-bond acceptors (Lipinski definition) is 4. The van der Waals surface area contributed by atoms with E-state index in [1.807, 2.05) is 0 Å². The first kappa shape index (κ1) is 18.8. The number of para-hydroxylation sites is 2. The van der Waals surface area contributed by atoms with Crippen LogP contribution in [0.4, 0.5) is 10.5 Å². The van der Waals surface area contributed by atoms with Crippen molar-refractivity contribution < 1.29 is 19.1 Å². The van der Waals surface area contributed by atoms with E-state index in [0.717, 1.165) is 11.3 Å². The number of carbonyl (C=O) groups excluding carboxylic acids is 3. The lowest BCUT2D eigenvalue weighted by Gasteiger charge is -2.22. The minimum Gasteiger partial charge on any atom is -0.495 e. The maximum absolute atomic E-state index is 12.6. The Bertz CT molecular complexity index is 674. The van der Waals surface area contributed by atoms with E-state index in [9.17, 15) is 14.4 Å². The first-order valence-electron chi connectivity index (χ1n) is 8.34. The maximum Gasteiger partial charge on any atom is 0.325 e. The molecule has 7 nitrogen and oxygen atoms in total. The van der Waals surface area contributed by atoms with Gasteiger partial charge in [0.2, 0.25) is 5.91 Å². The van der Waals surface area contributed by atoms with Crippen molar-refractivity contribution in [1.82, 2.24) is 10.2 Å². The Balaban J connectivity index is 2.03. The number of hydrogen-bond donors (Lipinski definition) is 2. The van der Waals surface area contributed by atoms with Gasteiger partial charge in [0.15, 0.2) is 0 Å². The predicted molar refractivity (Wildman–Crippen MR) is 94.3 cm³/mol. The standard InChI is InChI=1S/C18H25N3O4/c1-12(2)9-10-18(3)16(23)21(17(24)20-18)11-15(22)19-13-7-5-6-8-14(13)25-4/h5-8,12H,9-11H2,1-4H3,(H,19,22)(H,20,24)/t18-/m0/s1. The number of nitrogens with zero attached hydrogens (tertiary/aromatic N) is 1. The molecule has 0 radical (unpaired) electrons. The second kappa shape index (κ2) is 7.55. The number of amides is 4. The van der Waals surface area contributed by atoms with Crippen LogP contribution in [0.1, 0.15) is 33.6 Å². The van der Waals surface area contributed by atoms with Crippen LogP contribution in [0.25, 0.3) is 0 Å². The van der Waals surface area contributed by atoms with Crippen LogP contribution in [0.5, 0.6) is 5.75 Å². The molecule has 2 N–H and O–H groups in total. The molecule has 0 aromatic heterocycles. The Hall–Kier alpha value is -2.57. The summed E-state index contributed by atoms with van der Waals surface area (Å²) in [6.45, 7) is 5.49. The van der Waals surface area contributed by atoms with Crippen LogP contribution in [0.3, 0.4) is 0 Å². The van der Waals surface area contributed by atoms with Gasteiger partial charge in [-0.2, -0.15) is 0 Å². The fraction of sp³-hybridized carbons (Fsp3) is 0.500. The van der Waals surface area contributed by atoms with Crippen LogP contribution in [0, 0.1) is 5.92 Å². The molecule has 1 aromatic carbocycles. The Labute approximate surface area is 147 Å². The topological polar surface area (TPSA) is 87.7 Å². The van der Waals surface area contributed by atoms with Crippen molar-refractivity contribution in [3.05, 3.63) is 24.3 Å². The Kier molecular flexibility index (Phi) is 5.66. The van der Waals surface area contributed by atoms with Gasteiger partial charge in [0.25, 0.3) is 5.91 Å². The van der Waals surface area contributed by atoms with Crippen LogP contribution in [0.15, 0.2) is 24.3 Å². The van der Waals surface area contributed by atoms with Crippen LogP contribution >= 0.6 is 0 Å². The molecule has 1 aliphatic heterocycles. The van der Waals surface area contributed by atoms with Crippen LogP contribution < -0.4 is 15.4 Å². The van der Waals surface area contributed by atoms with E-state index in [2.05, 4.69) is 24.5 Å².